The number of hydrogen-bond donors (Lipinski definition) is 1. The van der Waals surface area contributed by atoms with Crippen molar-refractivity contribution in [1.29, 1.82) is 0 Å². The molecule has 2 rings (SSSR count). The number of nitrogens with one attached hydrogen (secondary N) is 1. The van der Waals surface area contributed by atoms with Gasteiger partial charge >= 0.3 is 0 Å². The highest BCUT2D eigenvalue weighted by molar-refractivity contribution is 4.72. The molecule has 0 aromatic heterocycles. The molecule has 0 aromatic rings. The third kappa shape index (κ3) is 2.19. The molecule has 0 saturated carbocycles. The van der Waals surface area contributed by atoms with Gasteiger partial charge in [0, 0.05) is 6.61 Å². The van der Waals surface area contributed by atoms with Crippen molar-refractivity contribution in [3.8, 4) is 0 Å². The van der Waals surface area contributed by atoms with Crippen LogP contribution in [0.4, 0.5) is 0 Å². The van der Waals surface area contributed by atoms with E-state index in [1.54, 1.807) is 0 Å². The molecule has 1 N–H and O–H groups in total. The second kappa shape index (κ2) is 4.21. The molecule has 0 aliphatic carbocycles. The van der Waals surface area contributed by atoms with Crippen molar-refractivity contribution < 1.29 is 9.47 Å². The van der Waals surface area contributed by atoms with E-state index < -0.39 is 0 Å². The quantitative estimate of drug-likeness (QED) is 0.658. The van der Waals surface area contributed by atoms with Crippen LogP contribution in [0.5, 0.6) is 0 Å². The number of ether oxygens (including phenoxy) is 2. The summed E-state index contributed by atoms with van der Waals surface area (Å²) in [6.45, 7) is 3.91. The fourth-order valence-corrected chi connectivity index (χ4v) is 1.82. The van der Waals surface area contributed by atoms with Crippen molar-refractivity contribution in [2.75, 3.05) is 26.3 Å². The Morgan fingerprint density at radius 3 is 2.58 bits per heavy atom. The smallest absolute Gasteiger partial charge is 0.0834 e. The maximum Gasteiger partial charge on any atom is 0.0834 e. The molecule has 12 heavy (non-hydrogen) atoms. The lowest BCUT2D eigenvalue weighted by Gasteiger charge is -2.25. The van der Waals surface area contributed by atoms with E-state index in [2.05, 4.69) is 5.32 Å². The first-order chi connectivity index (χ1) is 5.95. The van der Waals surface area contributed by atoms with Crippen LogP contribution in [-0.2, 0) is 9.47 Å². The Morgan fingerprint density at radius 1 is 1.08 bits per heavy atom. The summed E-state index contributed by atoms with van der Waals surface area (Å²) in [5.41, 5.74) is 0. The van der Waals surface area contributed by atoms with Crippen LogP contribution in [0.2, 0.25) is 0 Å². The summed E-state index contributed by atoms with van der Waals surface area (Å²) >= 11 is 0. The van der Waals surface area contributed by atoms with Gasteiger partial charge in [-0.2, -0.15) is 0 Å². The molecular weight excluding hydrogens is 154 g/mol. The molecule has 3 heteroatoms. The highest BCUT2D eigenvalue weighted by Gasteiger charge is 2.21. The van der Waals surface area contributed by atoms with Crippen LogP contribution in [0.25, 0.3) is 0 Å². The topological polar surface area (TPSA) is 30.5 Å². The lowest BCUT2D eigenvalue weighted by atomic mass is 10.1. The summed E-state index contributed by atoms with van der Waals surface area (Å²) < 4.78 is 11.1. The standard InChI is InChI=1S/C9H17NO2/c1-4-10-5-2-8(1)12-9-3-6-11-7-9/h8-10H,1-7H2. The zero-order chi connectivity index (χ0) is 8.23. The van der Waals surface area contributed by atoms with Gasteiger partial charge in [-0.15, -0.1) is 0 Å². The largest absolute Gasteiger partial charge is 0.379 e. The van der Waals surface area contributed by atoms with Crippen molar-refractivity contribution >= 4 is 0 Å². The van der Waals surface area contributed by atoms with Crippen molar-refractivity contribution in [2.45, 2.75) is 31.5 Å². The lowest BCUT2D eigenvalue weighted by Crippen LogP contribution is -2.34. The van der Waals surface area contributed by atoms with E-state index in [0.717, 1.165) is 45.6 Å². The summed E-state index contributed by atoms with van der Waals surface area (Å²) in [5, 5.41) is 3.33. The van der Waals surface area contributed by atoms with Gasteiger partial charge in [-0.25, -0.2) is 0 Å². The minimum absolute atomic E-state index is 0.382. The van der Waals surface area contributed by atoms with Crippen LogP contribution < -0.4 is 5.32 Å². The van der Waals surface area contributed by atoms with Gasteiger partial charge in [0.1, 0.15) is 0 Å². The number of piperidine rings is 1. The molecule has 2 fully saturated rings. The third-order valence-corrected chi connectivity index (χ3v) is 2.56. The Hall–Kier alpha value is -0.120. The Labute approximate surface area is 73.4 Å². The van der Waals surface area contributed by atoms with Gasteiger partial charge in [-0.1, -0.05) is 0 Å². The zero-order valence-electron chi connectivity index (χ0n) is 7.42. The first kappa shape index (κ1) is 8.48. The van der Waals surface area contributed by atoms with Gasteiger partial charge < -0.3 is 14.8 Å². The average molecular weight is 171 g/mol. The Balaban J connectivity index is 1.69. The molecule has 2 aliphatic rings. The molecule has 0 spiro atoms. The zero-order valence-corrected chi connectivity index (χ0v) is 7.42. The molecule has 0 radical (unpaired) electrons. The fourth-order valence-electron chi connectivity index (χ4n) is 1.82. The number of hydrogen-bond acceptors (Lipinski definition) is 3. The van der Waals surface area contributed by atoms with E-state index in [9.17, 15) is 0 Å². The van der Waals surface area contributed by atoms with Gasteiger partial charge in [-0.05, 0) is 32.4 Å². The molecular formula is C9H17NO2. The Bertz CT molecular complexity index is 128. The Morgan fingerprint density at radius 2 is 1.92 bits per heavy atom. The monoisotopic (exact) mass is 171 g/mol. The van der Waals surface area contributed by atoms with Crippen molar-refractivity contribution in [3.63, 3.8) is 0 Å². The summed E-state index contributed by atoms with van der Waals surface area (Å²) in [6, 6.07) is 0. The second-order valence-corrected chi connectivity index (χ2v) is 3.57. The third-order valence-electron chi connectivity index (χ3n) is 2.56. The predicted octanol–water partition coefficient (Wildman–Crippen LogP) is 0.544. The minimum atomic E-state index is 0.382. The molecule has 0 aromatic carbocycles. The molecule has 2 heterocycles. The van der Waals surface area contributed by atoms with Gasteiger partial charge in [0.25, 0.3) is 0 Å². The van der Waals surface area contributed by atoms with E-state index in [-0.39, 0.29) is 0 Å². The normalized spacial score (nSPS) is 32.5. The highest BCUT2D eigenvalue weighted by atomic mass is 16.5. The molecule has 3 nitrogen and oxygen atoms in total. The van der Waals surface area contributed by atoms with E-state index >= 15 is 0 Å². The van der Waals surface area contributed by atoms with Crippen LogP contribution in [0, 0.1) is 0 Å². The molecule has 0 amide bonds. The van der Waals surface area contributed by atoms with Gasteiger partial charge in [0.15, 0.2) is 0 Å². The molecule has 1 unspecified atom stereocenters. The van der Waals surface area contributed by atoms with Crippen molar-refractivity contribution in [3.05, 3.63) is 0 Å². The van der Waals surface area contributed by atoms with Crippen molar-refractivity contribution in [1.82, 2.24) is 5.32 Å². The SMILES string of the molecule is C1CC(OC2CCOC2)CCN1. The fraction of sp³-hybridized carbons (Fsp3) is 1.00. The molecule has 70 valence electrons. The first-order valence-electron chi connectivity index (χ1n) is 4.89. The maximum atomic E-state index is 5.89. The van der Waals surface area contributed by atoms with Crippen LogP contribution in [0.3, 0.4) is 0 Å². The average Bonchev–Trinajstić information content (AvgIpc) is 2.59. The van der Waals surface area contributed by atoms with Crippen molar-refractivity contribution in [2.24, 2.45) is 0 Å². The van der Waals surface area contributed by atoms with E-state index in [1.807, 2.05) is 0 Å². The van der Waals surface area contributed by atoms with Crippen LogP contribution >= 0.6 is 0 Å². The molecule has 1 atom stereocenters. The van der Waals surface area contributed by atoms with E-state index in [0.29, 0.717) is 12.2 Å². The lowest BCUT2D eigenvalue weighted by molar-refractivity contribution is -0.0287. The Kier molecular flexibility index (Phi) is 2.98. The summed E-state index contributed by atoms with van der Waals surface area (Å²) in [7, 11) is 0. The second-order valence-electron chi connectivity index (χ2n) is 3.57. The summed E-state index contributed by atoms with van der Waals surface area (Å²) in [5.74, 6) is 0. The predicted molar refractivity (Wildman–Crippen MR) is 46.2 cm³/mol. The summed E-state index contributed by atoms with van der Waals surface area (Å²) in [4.78, 5) is 0. The molecule has 2 aliphatic heterocycles. The van der Waals surface area contributed by atoms with Gasteiger partial charge in [-0.3, -0.25) is 0 Å². The van der Waals surface area contributed by atoms with Crippen LogP contribution in [0.15, 0.2) is 0 Å². The molecule has 0 bridgehead atoms. The number of rotatable bonds is 2. The highest BCUT2D eigenvalue weighted by Crippen LogP contribution is 2.15. The van der Waals surface area contributed by atoms with Crippen LogP contribution in [0.1, 0.15) is 19.3 Å². The molecule has 2 saturated heterocycles. The maximum absolute atomic E-state index is 5.89. The first-order valence-corrected chi connectivity index (χ1v) is 4.89. The minimum Gasteiger partial charge on any atom is -0.379 e. The van der Waals surface area contributed by atoms with Crippen LogP contribution in [-0.4, -0.2) is 38.5 Å². The van der Waals surface area contributed by atoms with Gasteiger partial charge in [0.05, 0.1) is 18.8 Å². The van der Waals surface area contributed by atoms with E-state index in [1.165, 1.54) is 0 Å². The summed E-state index contributed by atoms with van der Waals surface area (Å²) in [6.07, 6.45) is 4.28. The van der Waals surface area contributed by atoms with E-state index in [4.69, 9.17) is 9.47 Å². The van der Waals surface area contributed by atoms with Gasteiger partial charge in [0.2, 0.25) is 0 Å².